The van der Waals surface area contributed by atoms with Gasteiger partial charge in [0.25, 0.3) is 0 Å². The summed E-state index contributed by atoms with van der Waals surface area (Å²) < 4.78 is 5.17. The Labute approximate surface area is 114 Å². The van der Waals surface area contributed by atoms with Crippen LogP contribution in [0.2, 0.25) is 0 Å². The second-order valence-corrected chi connectivity index (χ2v) is 5.50. The van der Waals surface area contributed by atoms with E-state index in [4.69, 9.17) is 9.84 Å². The minimum absolute atomic E-state index is 0.234. The molecule has 106 valence electrons. The third-order valence-electron chi connectivity index (χ3n) is 2.47. The van der Waals surface area contributed by atoms with Crippen molar-refractivity contribution in [3.8, 4) is 0 Å². The van der Waals surface area contributed by atoms with Gasteiger partial charge in [0.05, 0.1) is 0 Å². The molecular formula is C15H23NO3. The van der Waals surface area contributed by atoms with E-state index in [1.165, 1.54) is 5.56 Å². The quantitative estimate of drug-likeness (QED) is 0.803. The third-order valence-corrected chi connectivity index (χ3v) is 2.47. The number of aryl methyl sites for hydroxylation is 1. The molecule has 2 N–H and O–H groups in total. The average molecular weight is 265 g/mol. The van der Waals surface area contributed by atoms with Crippen LogP contribution in [0.3, 0.4) is 0 Å². The van der Waals surface area contributed by atoms with E-state index in [-0.39, 0.29) is 6.61 Å². The maximum absolute atomic E-state index is 11.6. The molecule has 0 unspecified atom stereocenters. The molecule has 1 rings (SSSR count). The summed E-state index contributed by atoms with van der Waals surface area (Å²) in [7, 11) is 0. The molecule has 0 atom stereocenters. The molecule has 1 amide bonds. The van der Waals surface area contributed by atoms with Crippen LogP contribution < -0.4 is 5.32 Å². The number of ether oxygens (including phenoxy) is 1. The van der Waals surface area contributed by atoms with Gasteiger partial charge in [0.15, 0.2) is 0 Å². The number of aliphatic hydroxyl groups excluding tert-OH is 1. The fourth-order valence-corrected chi connectivity index (χ4v) is 1.62. The first-order chi connectivity index (χ1) is 8.90. The number of unbranched alkanes of at least 4 members (excludes halogenated alkanes) is 1. The van der Waals surface area contributed by atoms with Crippen molar-refractivity contribution in [1.29, 1.82) is 0 Å². The average Bonchev–Trinajstić information content (AvgIpc) is 2.29. The summed E-state index contributed by atoms with van der Waals surface area (Å²) >= 11 is 0. The lowest BCUT2D eigenvalue weighted by Gasteiger charge is -2.19. The SMILES string of the molecule is CC(C)(C)OC(=O)Nc1ccc(CCCCO)cc1. The van der Waals surface area contributed by atoms with Gasteiger partial charge in [-0.25, -0.2) is 4.79 Å². The second kappa shape index (κ2) is 7.14. The van der Waals surface area contributed by atoms with Crippen LogP contribution in [0.5, 0.6) is 0 Å². The Morgan fingerprint density at radius 3 is 2.37 bits per heavy atom. The van der Waals surface area contributed by atoms with Crippen molar-refractivity contribution in [3.63, 3.8) is 0 Å². The number of aliphatic hydroxyl groups is 1. The number of carbonyl (C=O) groups is 1. The Kier molecular flexibility index (Phi) is 5.83. The first-order valence-corrected chi connectivity index (χ1v) is 6.60. The van der Waals surface area contributed by atoms with Crippen molar-refractivity contribution < 1.29 is 14.6 Å². The first kappa shape index (κ1) is 15.5. The molecule has 0 heterocycles. The van der Waals surface area contributed by atoms with Crippen molar-refractivity contribution >= 4 is 11.8 Å². The van der Waals surface area contributed by atoms with E-state index in [0.717, 1.165) is 24.9 Å². The molecule has 0 spiro atoms. The van der Waals surface area contributed by atoms with Crippen LogP contribution in [-0.2, 0) is 11.2 Å². The Morgan fingerprint density at radius 2 is 1.84 bits per heavy atom. The van der Waals surface area contributed by atoms with Gasteiger partial charge in [-0.1, -0.05) is 12.1 Å². The summed E-state index contributed by atoms with van der Waals surface area (Å²) in [4.78, 5) is 11.6. The molecule has 4 nitrogen and oxygen atoms in total. The van der Waals surface area contributed by atoms with E-state index < -0.39 is 11.7 Å². The van der Waals surface area contributed by atoms with E-state index in [0.29, 0.717) is 0 Å². The van der Waals surface area contributed by atoms with Gasteiger partial charge in [0.2, 0.25) is 0 Å². The summed E-state index contributed by atoms with van der Waals surface area (Å²) in [6.07, 6.45) is 2.28. The Morgan fingerprint density at radius 1 is 1.21 bits per heavy atom. The third kappa shape index (κ3) is 6.82. The predicted octanol–water partition coefficient (Wildman–Crippen LogP) is 3.35. The molecule has 0 bridgehead atoms. The van der Waals surface area contributed by atoms with Crippen molar-refractivity contribution in [2.45, 2.75) is 45.6 Å². The van der Waals surface area contributed by atoms with E-state index >= 15 is 0 Å². The van der Waals surface area contributed by atoms with E-state index in [2.05, 4.69) is 5.32 Å². The fraction of sp³-hybridized carbons (Fsp3) is 0.533. The number of amides is 1. The number of carbonyl (C=O) groups excluding carboxylic acids is 1. The molecule has 4 heteroatoms. The zero-order valence-electron chi connectivity index (χ0n) is 11.9. The highest BCUT2D eigenvalue weighted by Crippen LogP contribution is 2.14. The minimum Gasteiger partial charge on any atom is -0.444 e. The van der Waals surface area contributed by atoms with Crippen LogP contribution in [0.15, 0.2) is 24.3 Å². The molecule has 0 aliphatic rings. The van der Waals surface area contributed by atoms with Gasteiger partial charge in [-0.15, -0.1) is 0 Å². The minimum atomic E-state index is -0.492. The topological polar surface area (TPSA) is 58.6 Å². The molecule has 0 aliphatic carbocycles. The van der Waals surface area contributed by atoms with Crippen molar-refractivity contribution in [2.75, 3.05) is 11.9 Å². The highest BCUT2D eigenvalue weighted by Gasteiger charge is 2.15. The zero-order valence-corrected chi connectivity index (χ0v) is 11.9. The largest absolute Gasteiger partial charge is 0.444 e. The van der Waals surface area contributed by atoms with Gasteiger partial charge in [-0.05, 0) is 57.7 Å². The lowest BCUT2D eigenvalue weighted by Crippen LogP contribution is -2.27. The normalized spacial score (nSPS) is 11.2. The van der Waals surface area contributed by atoms with Crippen LogP contribution >= 0.6 is 0 Å². The molecule has 0 aliphatic heterocycles. The maximum Gasteiger partial charge on any atom is 0.412 e. The maximum atomic E-state index is 11.6. The highest BCUT2D eigenvalue weighted by molar-refractivity contribution is 5.84. The van der Waals surface area contributed by atoms with Gasteiger partial charge >= 0.3 is 6.09 Å². The molecule has 1 aromatic carbocycles. The zero-order chi connectivity index (χ0) is 14.3. The Balaban J connectivity index is 2.45. The van der Waals surface area contributed by atoms with E-state index in [1.54, 1.807) is 0 Å². The van der Waals surface area contributed by atoms with Crippen LogP contribution in [-0.4, -0.2) is 23.4 Å². The first-order valence-electron chi connectivity index (χ1n) is 6.60. The van der Waals surface area contributed by atoms with Gasteiger partial charge < -0.3 is 9.84 Å². The molecule has 0 radical (unpaired) electrons. The number of rotatable bonds is 5. The lowest BCUT2D eigenvalue weighted by atomic mass is 10.1. The second-order valence-electron chi connectivity index (χ2n) is 5.50. The van der Waals surface area contributed by atoms with Gasteiger partial charge in [-0.3, -0.25) is 5.32 Å². The van der Waals surface area contributed by atoms with Gasteiger partial charge in [0, 0.05) is 12.3 Å². The summed E-state index contributed by atoms with van der Waals surface area (Å²) in [6.45, 7) is 5.72. The highest BCUT2D eigenvalue weighted by atomic mass is 16.6. The van der Waals surface area contributed by atoms with Crippen molar-refractivity contribution in [2.24, 2.45) is 0 Å². The Hall–Kier alpha value is -1.55. The summed E-state index contributed by atoms with van der Waals surface area (Å²) in [6, 6.07) is 7.67. The summed E-state index contributed by atoms with van der Waals surface area (Å²) in [5.74, 6) is 0. The molecule has 0 saturated heterocycles. The smallest absolute Gasteiger partial charge is 0.412 e. The van der Waals surface area contributed by atoms with Crippen LogP contribution in [0.1, 0.15) is 39.2 Å². The number of hydrogen-bond acceptors (Lipinski definition) is 3. The fourth-order valence-electron chi connectivity index (χ4n) is 1.62. The predicted molar refractivity (Wildman–Crippen MR) is 76.3 cm³/mol. The van der Waals surface area contributed by atoms with Crippen molar-refractivity contribution in [3.05, 3.63) is 29.8 Å². The van der Waals surface area contributed by atoms with Crippen molar-refractivity contribution in [1.82, 2.24) is 0 Å². The molecule has 1 aromatic rings. The Bertz CT molecular complexity index is 393. The van der Waals surface area contributed by atoms with E-state index in [1.807, 2.05) is 45.0 Å². The molecule has 0 aromatic heterocycles. The standard InChI is InChI=1S/C15H23NO3/c1-15(2,3)19-14(18)16-13-9-7-12(8-10-13)6-4-5-11-17/h7-10,17H,4-6,11H2,1-3H3,(H,16,18). The van der Waals surface area contributed by atoms with Crippen LogP contribution in [0, 0.1) is 0 Å². The van der Waals surface area contributed by atoms with Gasteiger partial charge in [0.1, 0.15) is 5.60 Å². The van der Waals surface area contributed by atoms with E-state index in [9.17, 15) is 4.79 Å². The molecule has 0 fully saturated rings. The van der Waals surface area contributed by atoms with Gasteiger partial charge in [-0.2, -0.15) is 0 Å². The van der Waals surface area contributed by atoms with Crippen LogP contribution in [0.4, 0.5) is 10.5 Å². The number of anilines is 1. The molecule has 19 heavy (non-hydrogen) atoms. The summed E-state index contributed by atoms with van der Waals surface area (Å²) in [5, 5.41) is 11.4. The molecule has 0 saturated carbocycles. The van der Waals surface area contributed by atoms with Crippen LogP contribution in [0.25, 0.3) is 0 Å². The monoisotopic (exact) mass is 265 g/mol. The lowest BCUT2D eigenvalue weighted by molar-refractivity contribution is 0.0636. The molecular weight excluding hydrogens is 242 g/mol. The number of nitrogens with one attached hydrogen (secondary N) is 1. The number of benzene rings is 1. The summed E-state index contributed by atoms with van der Waals surface area (Å²) in [5.41, 5.74) is 1.43. The number of hydrogen-bond donors (Lipinski definition) is 2.